The predicted octanol–water partition coefficient (Wildman–Crippen LogP) is 2.46. The Balaban J connectivity index is 2.49. The number of rotatable bonds is 0. The molecule has 2 unspecified atom stereocenters. The van der Waals surface area contributed by atoms with Gasteiger partial charge in [-0.1, -0.05) is 13.8 Å². The van der Waals surface area contributed by atoms with Crippen LogP contribution in [0.4, 0.5) is 0 Å². The molecule has 4 atom stereocenters. The van der Waals surface area contributed by atoms with E-state index in [0.29, 0.717) is 12.2 Å². The van der Waals surface area contributed by atoms with Gasteiger partial charge in [-0.25, -0.2) is 0 Å². The van der Waals surface area contributed by atoms with Gasteiger partial charge in [-0.15, -0.1) is 0 Å². The maximum absolute atomic E-state index is 5.67. The second-order valence-electron chi connectivity index (χ2n) is 3.72. The van der Waals surface area contributed by atoms with Crippen LogP contribution in [0.5, 0.6) is 0 Å². The van der Waals surface area contributed by atoms with Crippen LogP contribution in [-0.4, -0.2) is 12.2 Å². The van der Waals surface area contributed by atoms with Gasteiger partial charge in [0.2, 0.25) is 0 Å². The minimum atomic E-state index is 0.457. The topological polar surface area (TPSA) is 9.23 Å². The molecule has 0 bridgehead atoms. The van der Waals surface area contributed by atoms with E-state index in [2.05, 4.69) is 27.7 Å². The van der Waals surface area contributed by atoms with Crippen molar-refractivity contribution < 1.29 is 4.74 Å². The number of ether oxygens (including phenoxy) is 1. The first kappa shape index (κ1) is 8.06. The second-order valence-corrected chi connectivity index (χ2v) is 3.72. The van der Waals surface area contributed by atoms with Gasteiger partial charge in [0.05, 0.1) is 12.2 Å². The fraction of sp³-hybridized carbons (Fsp3) is 1.00. The Hall–Kier alpha value is -0.0400. The largest absolute Gasteiger partial charge is 0.375 e. The minimum absolute atomic E-state index is 0.457. The van der Waals surface area contributed by atoms with Crippen molar-refractivity contribution in [1.82, 2.24) is 0 Å². The van der Waals surface area contributed by atoms with Gasteiger partial charge in [-0.2, -0.15) is 0 Å². The fourth-order valence-electron chi connectivity index (χ4n) is 1.75. The Morgan fingerprint density at radius 1 is 1.10 bits per heavy atom. The molecule has 1 aliphatic heterocycles. The highest BCUT2D eigenvalue weighted by molar-refractivity contribution is 4.76. The van der Waals surface area contributed by atoms with Gasteiger partial charge >= 0.3 is 0 Å². The highest BCUT2D eigenvalue weighted by atomic mass is 16.5. The van der Waals surface area contributed by atoms with Crippen LogP contribution in [0.3, 0.4) is 0 Å². The highest BCUT2D eigenvalue weighted by Gasteiger charge is 2.27. The molecular weight excluding hydrogens is 124 g/mol. The van der Waals surface area contributed by atoms with Gasteiger partial charge in [0, 0.05) is 0 Å². The van der Waals surface area contributed by atoms with E-state index in [1.807, 2.05) is 0 Å². The molecule has 0 radical (unpaired) electrons. The Labute approximate surface area is 63.8 Å². The average Bonchev–Trinajstić information content (AvgIpc) is 1.82. The molecule has 0 spiro atoms. The van der Waals surface area contributed by atoms with Crippen molar-refractivity contribution in [3.63, 3.8) is 0 Å². The van der Waals surface area contributed by atoms with Crippen molar-refractivity contribution in [2.24, 2.45) is 11.8 Å². The molecule has 10 heavy (non-hydrogen) atoms. The number of hydrogen-bond donors (Lipinski definition) is 0. The van der Waals surface area contributed by atoms with E-state index in [1.54, 1.807) is 0 Å². The molecule has 0 saturated carbocycles. The predicted molar refractivity (Wildman–Crippen MR) is 43.0 cm³/mol. The van der Waals surface area contributed by atoms with Crippen LogP contribution in [-0.2, 0) is 4.74 Å². The third kappa shape index (κ3) is 1.51. The zero-order chi connectivity index (χ0) is 7.72. The van der Waals surface area contributed by atoms with Crippen molar-refractivity contribution in [3.8, 4) is 0 Å². The molecule has 1 rings (SSSR count). The van der Waals surface area contributed by atoms with Crippen molar-refractivity contribution in [2.75, 3.05) is 0 Å². The van der Waals surface area contributed by atoms with Crippen molar-refractivity contribution in [1.29, 1.82) is 0 Å². The summed E-state index contributed by atoms with van der Waals surface area (Å²) >= 11 is 0. The first-order valence-electron chi connectivity index (χ1n) is 4.26. The summed E-state index contributed by atoms with van der Waals surface area (Å²) in [5, 5.41) is 0. The molecule has 0 aromatic heterocycles. The molecule has 60 valence electrons. The average molecular weight is 142 g/mol. The van der Waals surface area contributed by atoms with E-state index >= 15 is 0 Å². The highest BCUT2D eigenvalue weighted by Crippen LogP contribution is 2.29. The standard InChI is InChI=1S/C9H18O/c1-6-5-7(2)10-9(4)8(6)3/h6-9H,5H2,1-4H3/t6?,7-,8+,9?/m0/s1. The van der Waals surface area contributed by atoms with Crippen LogP contribution < -0.4 is 0 Å². The Kier molecular flexibility index (Phi) is 2.35. The summed E-state index contributed by atoms with van der Waals surface area (Å²) in [7, 11) is 0. The summed E-state index contributed by atoms with van der Waals surface area (Å²) < 4.78 is 5.67. The zero-order valence-electron chi connectivity index (χ0n) is 7.42. The smallest absolute Gasteiger partial charge is 0.0578 e. The summed E-state index contributed by atoms with van der Waals surface area (Å²) in [4.78, 5) is 0. The molecule has 1 nitrogen and oxygen atoms in total. The van der Waals surface area contributed by atoms with Gasteiger partial charge in [0.25, 0.3) is 0 Å². The van der Waals surface area contributed by atoms with Crippen LogP contribution in [0, 0.1) is 11.8 Å². The number of hydrogen-bond acceptors (Lipinski definition) is 1. The van der Waals surface area contributed by atoms with Gasteiger partial charge in [0.15, 0.2) is 0 Å². The molecule has 1 saturated heterocycles. The summed E-state index contributed by atoms with van der Waals surface area (Å²) in [6.45, 7) is 8.94. The van der Waals surface area contributed by atoms with Crippen molar-refractivity contribution in [2.45, 2.75) is 46.3 Å². The molecule has 0 aromatic carbocycles. The normalized spacial score (nSPS) is 49.2. The quantitative estimate of drug-likeness (QED) is 0.505. The van der Waals surface area contributed by atoms with Gasteiger partial charge < -0.3 is 4.74 Å². The molecule has 0 amide bonds. The lowest BCUT2D eigenvalue weighted by Gasteiger charge is -2.35. The minimum Gasteiger partial charge on any atom is -0.375 e. The Morgan fingerprint density at radius 3 is 2.20 bits per heavy atom. The first-order valence-corrected chi connectivity index (χ1v) is 4.26. The van der Waals surface area contributed by atoms with Crippen molar-refractivity contribution >= 4 is 0 Å². The van der Waals surface area contributed by atoms with E-state index in [9.17, 15) is 0 Å². The summed E-state index contributed by atoms with van der Waals surface area (Å²) in [6.07, 6.45) is 2.16. The van der Waals surface area contributed by atoms with E-state index in [4.69, 9.17) is 4.74 Å². The maximum Gasteiger partial charge on any atom is 0.0578 e. The summed E-state index contributed by atoms with van der Waals surface area (Å²) in [5.41, 5.74) is 0. The molecule has 0 aromatic rings. The molecule has 1 fully saturated rings. The maximum atomic E-state index is 5.67. The lowest BCUT2D eigenvalue weighted by molar-refractivity contribution is -0.0828. The molecule has 1 heteroatoms. The lowest BCUT2D eigenvalue weighted by Crippen LogP contribution is -2.35. The molecule has 1 heterocycles. The summed E-state index contributed by atoms with van der Waals surface area (Å²) in [5.74, 6) is 1.56. The van der Waals surface area contributed by atoms with Gasteiger partial charge in [-0.05, 0) is 32.1 Å². The lowest BCUT2D eigenvalue weighted by atomic mass is 9.85. The molecule has 0 aliphatic carbocycles. The van der Waals surface area contributed by atoms with Crippen LogP contribution >= 0.6 is 0 Å². The van der Waals surface area contributed by atoms with Crippen molar-refractivity contribution in [3.05, 3.63) is 0 Å². The third-order valence-corrected chi connectivity index (χ3v) is 2.79. The van der Waals surface area contributed by atoms with Gasteiger partial charge in [0.1, 0.15) is 0 Å². The van der Waals surface area contributed by atoms with E-state index in [1.165, 1.54) is 6.42 Å². The monoisotopic (exact) mass is 142 g/mol. The SMILES string of the molecule is CC1C[C@H](C)OC(C)[C@@H]1C. The molecule has 0 N–H and O–H groups in total. The summed E-state index contributed by atoms with van der Waals surface area (Å²) in [6, 6.07) is 0. The van der Waals surface area contributed by atoms with E-state index in [-0.39, 0.29) is 0 Å². The molecule has 1 aliphatic rings. The first-order chi connectivity index (χ1) is 4.61. The zero-order valence-corrected chi connectivity index (χ0v) is 7.42. The fourth-order valence-corrected chi connectivity index (χ4v) is 1.75. The van der Waals surface area contributed by atoms with Crippen LogP contribution in [0.15, 0.2) is 0 Å². The Morgan fingerprint density at radius 2 is 1.70 bits per heavy atom. The van der Waals surface area contributed by atoms with Crippen LogP contribution in [0.1, 0.15) is 34.1 Å². The van der Waals surface area contributed by atoms with Crippen LogP contribution in [0.25, 0.3) is 0 Å². The van der Waals surface area contributed by atoms with Gasteiger partial charge in [-0.3, -0.25) is 0 Å². The second kappa shape index (κ2) is 2.91. The van der Waals surface area contributed by atoms with Crippen LogP contribution in [0.2, 0.25) is 0 Å². The van der Waals surface area contributed by atoms with E-state index < -0.39 is 0 Å². The molecular formula is C9H18O. The third-order valence-electron chi connectivity index (χ3n) is 2.79. The van der Waals surface area contributed by atoms with E-state index in [0.717, 1.165) is 11.8 Å². The Bertz CT molecular complexity index is 99.3.